The van der Waals surface area contributed by atoms with Crippen molar-refractivity contribution < 1.29 is 5.11 Å². The van der Waals surface area contributed by atoms with Gasteiger partial charge in [-0.3, -0.25) is 4.90 Å². The molecule has 0 aliphatic heterocycles. The van der Waals surface area contributed by atoms with Gasteiger partial charge in [-0.25, -0.2) is 0 Å². The molecule has 1 aromatic carbocycles. The molecule has 1 aromatic rings. The average molecular weight is 219 g/mol. The Kier molecular flexibility index (Phi) is 3.62. The van der Waals surface area contributed by atoms with Crippen LogP contribution < -0.4 is 0 Å². The lowest BCUT2D eigenvalue weighted by Crippen LogP contribution is -2.42. The molecule has 1 aliphatic carbocycles. The third-order valence-corrected chi connectivity index (χ3v) is 3.73. The lowest BCUT2D eigenvalue weighted by Gasteiger charge is -2.37. The highest BCUT2D eigenvalue weighted by Crippen LogP contribution is 2.32. The van der Waals surface area contributed by atoms with Crippen molar-refractivity contribution in [1.82, 2.24) is 4.90 Å². The first-order valence-corrected chi connectivity index (χ1v) is 6.27. The molecule has 0 heterocycles. The number of benzene rings is 1. The van der Waals surface area contributed by atoms with Gasteiger partial charge in [0.05, 0.1) is 6.10 Å². The van der Waals surface area contributed by atoms with Crippen LogP contribution in [0.2, 0.25) is 0 Å². The highest BCUT2D eigenvalue weighted by atomic mass is 16.3. The summed E-state index contributed by atoms with van der Waals surface area (Å²) in [5.41, 5.74) is 2.45. The van der Waals surface area contributed by atoms with Crippen LogP contribution in [0.5, 0.6) is 0 Å². The molecule has 88 valence electrons. The van der Waals surface area contributed by atoms with E-state index in [9.17, 15) is 5.11 Å². The van der Waals surface area contributed by atoms with Crippen LogP contribution in [0.25, 0.3) is 0 Å². The van der Waals surface area contributed by atoms with E-state index in [1.807, 2.05) is 6.07 Å². The summed E-state index contributed by atoms with van der Waals surface area (Å²) in [6.07, 6.45) is 1.85. The minimum absolute atomic E-state index is 0.296. The topological polar surface area (TPSA) is 23.5 Å². The van der Waals surface area contributed by atoms with Crippen molar-refractivity contribution in [3.8, 4) is 0 Å². The normalized spacial score (nSPS) is 24.5. The van der Waals surface area contributed by atoms with E-state index in [2.05, 4.69) is 36.9 Å². The Morgan fingerprint density at radius 2 is 1.94 bits per heavy atom. The summed E-state index contributed by atoms with van der Waals surface area (Å²) < 4.78 is 0. The summed E-state index contributed by atoms with van der Waals surface area (Å²) in [5.74, 6) is 0. The Morgan fingerprint density at radius 3 is 2.62 bits per heavy atom. The molecule has 0 unspecified atom stereocenters. The molecule has 0 fully saturated rings. The number of rotatable bonds is 3. The van der Waals surface area contributed by atoms with E-state index < -0.39 is 0 Å². The van der Waals surface area contributed by atoms with Crippen LogP contribution in [0.15, 0.2) is 24.3 Å². The molecule has 0 saturated carbocycles. The van der Waals surface area contributed by atoms with Crippen molar-refractivity contribution in [2.45, 2.75) is 38.8 Å². The summed E-state index contributed by atoms with van der Waals surface area (Å²) in [4.78, 5) is 2.36. The van der Waals surface area contributed by atoms with Crippen LogP contribution >= 0.6 is 0 Å². The summed E-state index contributed by atoms with van der Waals surface area (Å²) in [6.45, 7) is 6.36. The molecule has 0 radical (unpaired) electrons. The first-order chi connectivity index (χ1) is 7.77. The van der Waals surface area contributed by atoms with Gasteiger partial charge < -0.3 is 5.11 Å². The molecule has 0 amide bonds. The Balaban J connectivity index is 2.23. The van der Waals surface area contributed by atoms with Gasteiger partial charge in [0.25, 0.3) is 0 Å². The van der Waals surface area contributed by atoms with Crippen LogP contribution in [0.1, 0.15) is 37.5 Å². The predicted molar refractivity (Wildman–Crippen MR) is 66.4 cm³/mol. The first kappa shape index (κ1) is 11.6. The highest BCUT2D eigenvalue weighted by Gasteiger charge is 2.30. The minimum atomic E-state index is -0.315. The molecule has 0 bridgehead atoms. The fourth-order valence-electron chi connectivity index (χ4n) is 2.79. The number of nitrogens with zero attached hydrogens (tertiary/aromatic N) is 1. The van der Waals surface area contributed by atoms with E-state index in [-0.39, 0.29) is 6.10 Å². The van der Waals surface area contributed by atoms with Crippen LogP contribution in [-0.2, 0) is 6.42 Å². The molecule has 0 saturated heterocycles. The lowest BCUT2D eigenvalue weighted by atomic mass is 9.85. The molecule has 16 heavy (non-hydrogen) atoms. The zero-order chi connectivity index (χ0) is 11.5. The maximum Gasteiger partial charge on any atom is 0.0947 e. The largest absolute Gasteiger partial charge is 0.387 e. The number of hydrogen-bond donors (Lipinski definition) is 1. The summed E-state index contributed by atoms with van der Waals surface area (Å²) in [6, 6.07) is 8.58. The third-order valence-electron chi connectivity index (χ3n) is 3.73. The SMILES string of the molecule is CCN(CC)[C@@H]1CCc2ccccc2[C@@H]1O. The fourth-order valence-corrected chi connectivity index (χ4v) is 2.79. The maximum absolute atomic E-state index is 10.4. The second kappa shape index (κ2) is 4.98. The van der Waals surface area contributed by atoms with Crippen LogP contribution in [-0.4, -0.2) is 29.1 Å². The lowest BCUT2D eigenvalue weighted by molar-refractivity contribution is 0.0415. The van der Waals surface area contributed by atoms with Crippen molar-refractivity contribution in [3.63, 3.8) is 0 Å². The standard InChI is InChI=1S/C14H21NO/c1-3-15(4-2)13-10-9-11-7-5-6-8-12(11)14(13)16/h5-8,13-14,16H,3-4,9-10H2,1-2H3/t13-,14+/m1/s1. The average Bonchev–Trinajstić information content (AvgIpc) is 2.34. The second-order valence-corrected chi connectivity index (χ2v) is 4.47. The molecule has 0 aromatic heterocycles. The summed E-state index contributed by atoms with van der Waals surface area (Å²) in [7, 11) is 0. The summed E-state index contributed by atoms with van der Waals surface area (Å²) in [5, 5.41) is 10.4. The van der Waals surface area contributed by atoms with Gasteiger partial charge in [-0.1, -0.05) is 38.1 Å². The molecule has 1 N–H and O–H groups in total. The molecule has 1 aliphatic rings. The minimum Gasteiger partial charge on any atom is -0.387 e. The zero-order valence-corrected chi connectivity index (χ0v) is 10.2. The van der Waals surface area contributed by atoms with Gasteiger partial charge in [-0.15, -0.1) is 0 Å². The quantitative estimate of drug-likeness (QED) is 0.843. The van der Waals surface area contributed by atoms with Crippen molar-refractivity contribution in [2.24, 2.45) is 0 Å². The van der Waals surface area contributed by atoms with E-state index in [0.717, 1.165) is 31.5 Å². The van der Waals surface area contributed by atoms with E-state index in [1.54, 1.807) is 0 Å². The molecule has 2 nitrogen and oxygen atoms in total. The number of aliphatic hydroxyl groups is 1. The van der Waals surface area contributed by atoms with E-state index in [4.69, 9.17) is 0 Å². The van der Waals surface area contributed by atoms with Crippen LogP contribution in [0.3, 0.4) is 0 Å². The molecule has 0 spiro atoms. The Morgan fingerprint density at radius 1 is 1.25 bits per heavy atom. The van der Waals surface area contributed by atoms with E-state index >= 15 is 0 Å². The van der Waals surface area contributed by atoms with Crippen LogP contribution in [0, 0.1) is 0 Å². The predicted octanol–water partition coefficient (Wildman–Crippen LogP) is 2.38. The number of fused-ring (bicyclic) bond motifs is 1. The monoisotopic (exact) mass is 219 g/mol. The van der Waals surface area contributed by atoms with Crippen molar-refractivity contribution in [3.05, 3.63) is 35.4 Å². The van der Waals surface area contributed by atoms with Crippen molar-refractivity contribution in [1.29, 1.82) is 0 Å². The van der Waals surface area contributed by atoms with E-state index in [0.29, 0.717) is 6.04 Å². The van der Waals surface area contributed by atoms with Crippen LogP contribution in [0.4, 0.5) is 0 Å². The molecule has 2 rings (SSSR count). The first-order valence-electron chi connectivity index (χ1n) is 6.27. The molecular weight excluding hydrogens is 198 g/mol. The van der Waals surface area contributed by atoms with Gasteiger partial charge in [0.15, 0.2) is 0 Å². The van der Waals surface area contributed by atoms with Gasteiger partial charge in [0.2, 0.25) is 0 Å². The second-order valence-electron chi connectivity index (χ2n) is 4.47. The Bertz CT molecular complexity index is 346. The third kappa shape index (κ3) is 2.00. The smallest absolute Gasteiger partial charge is 0.0947 e. The fraction of sp³-hybridized carbons (Fsp3) is 0.571. The van der Waals surface area contributed by atoms with Gasteiger partial charge in [0.1, 0.15) is 0 Å². The molecule has 2 atom stereocenters. The number of aryl methyl sites for hydroxylation is 1. The van der Waals surface area contributed by atoms with Crippen molar-refractivity contribution in [2.75, 3.05) is 13.1 Å². The summed E-state index contributed by atoms with van der Waals surface area (Å²) >= 11 is 0. The highest BCUT2D eigenvalue weighted by molar-refractivity contribution is 5.32. The van der Waals surface area contributed by atoms with E-state index in [1.165, 1.54) is 5.56 Å². The maximum atomic E-state index is 10.4. The molecular formula is C14H21NO. The Hall–Kier alpha value is -0.860. The Labute approximate surface area is 97.9 Å². The number of likely N-dealkylation sites (N-methyl/N-ethyl adjacent to an activating group) is 1. The van der Waals surface area contributed by atoms with Gasteiger partial charge in [-0.2, -0.15) is 0 Å². The van der Waals surface area contributed by atoms with Gasteiger partial charge in [-0.05, 0) is 37.1 Å². The van der Waals surface area contributed by atoms with Gasteiger partial charge >= 0.3 is 0 Å². The van der Waals surface area contributed by atoms with Crippen molar-refractivity contribution >= 4 is 0 Å². The van der Waals surface area contributed by atoms with Gasteiger partial charge in [0, 0.05) is 6.04 Å². The number of aliphatic hydroxyl groups excluding tert-OH is 1. The zero-order valence-electron chi connectivity index (χ0n) is 10.2. The number of hydrogen-bond acceptors (Lipinski definition) is 2. The molecule has 2 heteroatoms.